The first-order valence-corrected chi connectivity index (χ1v) is 7.14. The van der Waals surface area contributed by atoms with Gasteiger partial charge in [0.25, 0.3) is 0 Å². The van der Waals surface area contributed by atoms with Crippen LogP contribution >= 0.6 is 0 Å². The molecule has 3 fully saturated rings. The summed E-state index contributed by atoms with van der Waals surface area (Å²) in [5.41, 5.74) is -0.295. The van der Waals surface area contributed by atoms with Crippen molar-refractivity contribution >= 4 is 0 Å². The molecule has 0 spiro atoms. The Kier molecular flexibility index (Phi) is 3.17. The Labute approximate surface area is 108 Å². The number of fused-ring (bicyclic) bond motifs is 5. The monoisotopic (exact) mass is 256 g/mol. The van der Waals surface area contributed by atoms with Gasteiger partial charge in [0.05, 0.1) is 13.2 Å². The fraction of sp³-hybridized carbons (Fsp3) is 1.00. The smallest absolute Gasteiger partial charge is 0.0512 e. The second-order valence-electron chi connectivity index (χ2n) is 6.75. The first-order chi connectivity index (χ1) is 8.70. The van der Waals surface area contributed by atoms with Gasteiger partial charge in [0, 0.05) is 18.6 Å². The van der Waals surface area contributed by atoms with Gasteiger partial charge in [-0.15, -0.1) is 0 Å². The Hall–Kier alpha value is -0.160. The van der Waals surface area contributed by atoms with Crippen LogP contribution in [0.25, 0.3) is 0 Å². The first kappa shape index (κ1) is 12.9. The molecule has 0 radical (unpaired) electrons. The van der Waals surface area contributed by atoms with Crippen LogP contribution in [0, 0.1) is 40.9 Å². The summed E-state index contributed by atoms with van der Waals surface area (Å²) in [7, 11) is 0. The fourth-order valence-corrected chi connectivity index (χ4v) is 5.59. The largest absolute Gasteiger partial charge is 0.396 e. The molecule has 6 atom stereocenters. The van der Waals surface area contributed by atoms with Gasteiger partial charge in [-0.3, -0.25) is 0 Å². The molecule has 4 heteroatoms. The number of hydrogen-bond donors (Lipinski definition) is 4. The van der Waals surface area contributed by atoms with Crippen LogP contribution < -0.4 is 0 Å². The maximum Gasteiger partial charge on any atom is 0.0512 e. The highest BCUT2D eigenvalue weighted by Gasteiger charge is 2.64. The van der Waals surface area contributed by atoms with Crippen molar-refractivity contribution in [1.29, 1.82) is 0 Å². The number of aliphatic hydroxyl groups excluding tert-OH is 4. The van der Waals surface area contributed by atoms with Gasteiger partial charge < -0.3 is 20.4 Å². The lowest BCUT2D eigenvalue weighted by Gasteiger charge is -2.41. The zero-order valence-electron chi connectivity index (χ0n) is 10.7. The van der Waals surface area contributed by atoms with Crippen molar-refractivity contribution in [3.63, 3.8) is 0 Å². The molecule has 0 heterocycles. The van der Waals surface area contributed by atoms with E-state index in [9.17, 15) is 20.4 Å². The molecule has 0 aromatic rings. The van der Waals surface area contributed by atoms with E-state index >= 15 is 0 Å². The molecule has 4 N–H and O–H groups in total. The van der Waals surface area contributed by atoms with Gasteiger partial charge in [-0.1, -0.05) is 0 Å². The van der Waals surface area contributed by atoms with Crippen molar-refractivity contribution in [3.05, 3.63) is 0 Å². The Balaban J connectivity index is 1.86. The highest BCUT2D eigenvalue weighted by atomic mass is 16.3. The Morgan fingerprint density at radius 1 is 0.944 bits per heavy atom. The summed E-state index contributed by atoms with van der Waals surface area (Å²) in [6.45, 7) is 0.465. The molecule has 6 unspecified atom stereocenters. The average Bonchev–Trinajstić information content (AvgIpc) is 3.05. The molecule has 18 heavy (non-hydrogen) atoms. The quantitative estimate of drug-likeness (QED) is 0.564. The van der Waals surface area contributed by atoms with Crippen LogP contribution in [0.1, 0.15) is 19.3 Å². The zero-order chi connectivity index (χ0) is 12.9. The Morgan fingerprint density at radius 2 is 1.67 bits per heavy atom. The minimum atomic E-state index is -0.295. The summed E-state index contributed by atoms with van der Waals surface area (Å²) in [6.07, 6.45) is 2.93. The first-order valence-electron chi connectivity index (χ1n) is 7.14. The van der Waals surface area contributed by atoms with E-state index in [1.807, 2.05) is 0 Å². The minimum absolute atomic E-state index is 0.0709. The van der Waals surface area contributed by atoms with Crippen molar-refractivity contribution in [2.24, 2.45) is 40.9 Å². The number of rotatable bonds is 4. The van der Waals surface area contributed by atoms with Gasteiger partial charge >= 0.3 is 0 Å². The van der Waals surface area contributed by atoms with E-state index in [1.165, 1.54) is 0 Å². The molecular weight excluding hydrogens is 232 g/mol. The second kappa shape index (κ2) is 4.44. The number of aliphatic hydroxyl groups is 4. The lowest BCUT2D eigenvalue weighted by molar-refractivity contribution is -0.0302. The summed E-state index contributed by atoms with van der Waals surface area (Å²) in [4.78, 5) is 0. The molecule has 104 valence electrons. The van der Waals surface area contributed by atoms with Crippen LogP contribution in [0.4, 0.5) is 0 Å². The third kappa shape index (κ3) is 1.46. The van der Waals surface area contributed by atoms with E-state index < -0.39 is 0 Å². The van der Waals surface area contributed by atoms with Gasteiger partial charge in [0.15, 0.2) is 0 Å². The Bertz CT molecular complexity index is 315. The van der Waals surface area contributed by atoms with Gasteiger partial charge in [0.1, 0.15) is 0 Å². The van der Waals surface area contributed by atoms with Crippen LogP contribution in [0.15, 0.2) is 0 Å². The van der Waals surface area contributed by atoms with Crippen molar-refractivity contribution in [2.45, 2.75) is 19.3 Å². The second-order valence-corrected chi connectivity index (χ2v) is 6.75. The molecule has 0 aromatic heterocycles. The van der Waals surface area contributed by atoms with Crippen LogP contribution in [-0.4, -0.2) is 46.9 Å². The lowest BCUT2D eigenvalue weighted by atomic mass is 9.65. The van der Waals surface area contributed by atoms with Gasteiger partial charge in [-0.2, -0.15) is 0 Å². The van der Waals surface area contributed by atoms with Crippen molar-refractivity contribution in [3.8, 4) is 0 Å². The van der Waals surface area contributed by atoms with Crippen molar-refractivity contribution in [2.75, 3.05) is 26.4 Å². The Morgan fingerprint density at radius 3 is 2.22 bits per heavy atom. The highest BCUT2D eigenvalue weighted by Crippen LogP contribution is 2.67. The van der Waals surface area contributed by atoms with Gasteiger partial charge in [-0.25, -0.2) is 0 Å². The van der Waals surface area contributed by atoms with Crippen LogP contribution in [0.5, 0.6) is 0 Å². The minimum Gasteiger partial charge on any atom is -0.396 e. The predicted octanol–water partition coefficient (Wildman–Crippen LogP) is -0.150. The van der Waals surface area contributed by atoms with E-state index in [0.717, 1.165) is 19.3 Å². The van der Waals surface area contributed by atoms with Crippen molar-refractivity contribution in [1.82, 2.24) is 0 Å². The molecule has 0 amide bonds. The molecule has 3 rings (SSSR count). The molecule has 0 saturated heterocycles. The summed E-state index contributed by atoms with van der Waals surface area (Å²) in [5.74, 6) is 2.33. The predicted molar refractivity (Wildman–Crippen MR) is 65.6 cm³/mol. The topological polar surface area (TPSA) is 80.9 Å². The molecular formula is C14H24O4. The normalized spacial score (nSPS) is 48.7. The lowest BCUT2D eigenvalue weighted by Crippen LogP contribution is -2.42. The van der Waals surface area contributed by atoms with E-state index in [-0.39, 0.29) is 43.7 Å². The number of hydrogen-bond acceptors (Lipinski definition) is 4. The summed E-state index contributed by atoms with van der Waals surface area (Å²) in [5, 5.41) is 38.3. The molecule has 0 aliphatic heterocycles. The van der Waals surface area contributed by atoms with Crippen LogP contribution in [0.3, 0.4) is 0 Å². The molecule has 4 nitrogen and oxygen atoms in total. The summed E-state index contributed by atoms with van der Waals surface area (Å²) in [6, 6.07) is 0. The van der Waals surface area contributed by atoms with E-state index in [1.54, 1.807) is 0 Å². The highest BCUT2D eigenvalue weighted by molar-refractivity contribution is 5.12. The summed E-state index contributed by atoms with van der Waals surface area (Å²) < 4.78 is 0. The SMILES string of the molecule is OCC1CC2C(C3CC2C(CO)(CO)C3)C1CO. The van der Waals surface area contributed by atoms with Crippen LogP contribution in [-0.2, 0) is 0 Å². The fourth-order valence-electron chi connectivity index (χ4n) is 5.59. The van der Waals surface area contributed by atoms with E-state index in [2.05, 4.69) is 0 Å². The van der Waals surface area contributed by atoms with Gasteiger partial charge in [0.2, 0.25) is 0 Å². The summed E-state index contributed by atoms with van der Waals surface area (Å²) >= 11 is 0. The third-order valence-corrected chi connectivity index (χ3v) is 6.32. The molecule has 3 aliphatic carbocycles. The van der Waals surface area contributed by atoms with Crippen molar-refractivity contribution < 1.29 is 20.4 Å². The van der Waals surface area contributed by atoms with E-state index in [0.29, 0.717) is 23.7 Å². The molecule has 3 saturated carbocycles. The zero-order valence-corrected chi connectivity index (χ0v) is 10.7. The van der Waals surface area contributed by atoms with E-state index in [4.69, 9.17) is 0 Å². The third-order valence-electron chi connectivity index (χ3n) is 6.32. The molecule has 2 bridgehead atoms. The average molecular weight is 256 g/mol. The maximum atomic E-state index is 9.65. The maximum absolute atomic E-state index is 9.65. The molecule has 3 aliphatic rings. The van der Waals surface area contributed by atoms with Crippen LogP contribution in [0.2, 0.25) is 0 Å². The standard InChI is InChI=1S/C14H24O4/c15-4-9-1-10-12-2-8(13(10)11(9)5-16)3-14(12,6-17)7-18/h8-13,15-18H,1-7H2. The molecule has 0 aromatic carbocycles. The van der Waals surface area contributed by atoms with Gasteiger partial charge in [-0.05, 0) is 54.8 Å².